The smallest absolute Gasteiger partial charge is 0.245 e. The predicted octanol–water partition coefficient (Wildman–Crippen LogP) is 5.59. The van der Waals surface area contributed by atoms with Crippen molar-refractivity contribution in [2.45, 2.75) is 53.0 Å². The first kappa shape index (κ1) is 25.9. The Labute approximate surface area is 218 Å². The number of furan rings is 1. The first-order valence-electron chi connectivity index (χ1n) is 12.4. The minimum Gasteiger partial charge on any atom is -0.467 e. The van der Waals surface area contributed by atoms with Crippen LogP contribution in [0, 0.1) is 13.8 Å². The van der Waals surface area contributed by atoms with Crippen LogP contribution in [0.3, 0.4) is 0 Å². The lowest BCUT2D eigenvalue weighted by atomic mass is 9.92. The molecular weight excluding hydrogens is 464 g/mol. The molecule has 2 heterocycles. The van der Waals surface area contributed by atoms with Gasteiger partial charge in [-0.15, -0.1) is 0 Å². The van der Waals surface area contributed by atoms with Gasteiger partial charge in [0, 0.05) is 11.5 Å². The number of anilines is 1. The second kappa shape index (κ2) is 10.9. The minimum atomic E-state index is -0.306. The molecule has 0 aliphatic carbocycles. The third-order valence-corrected chi connectivity index (χ3v) is 6.14. The van der Waals surface area contributed by atoms with Crippen molar-refractivity contribution >= 4 is 17.6 Å². The van der Waals surface area contributed by atoms with Crippen molar-refractivity contribution in [3.63, 3.8) is 0 Å². The van der Waals surface area contributed by atoms with Gasteiger partial charge in [0.05, 0.1) is 30.6 Å². The average molecular weight is 499 g/mol. The van der Waals surface area contributed by atoms with Crippen LogP contribution in [-0.4, -0.2) is 33.0 Å². The average Bonchev–Trinajstić information content (AvgIpc) is 3.49. The van der Waals surface area contributed by atoms with E-state index in [0.29, 0.717) is 11.6 Å². The van der Waals surface area contributed by atoms with Crippen molar-refractivity contribution in [1.82, 2.24) is 14.7 Å². The van der Waals surface area contributed by atoms with E-state index >= 15 is 0 Å². The van der Waals surface area contributed by atoms with Crippen molar-refractivity contribution in [2.24, 2.45) is 0 Å². The van der Waals surface area contributed by atoms with E-state index in [-0.39, 0.29) is 36.7 Å². The number of amides is 2. The lowest BCUT2D eigenvalue weighted by Gasteiger charge is -2.21. The van der Waals surface area contributed by atoms with Gasteiger partial charge in [-0.3, -0.25) is 9.59 Å². The molecular formula is C30H34N4O3. The Morgan fingerprint density at radius 2 is 1.76 bits per heavy atom. The zero-order chi connectivity index (χ0) is 26.6. The summed E-state index contributed by atoms with van der Waals surface area (Å²) in [7, 11) is 0. The third kappa shape index (κ3) is 6.55. The van der Waals surface area contributed by atoms with Crippen molar-refractivity contribution in [3.8, 4) is 5.69 Å². The topological polar surface area (TPSA) is 80.4 Å². The molecule has 0 radical (unpaired) electrons. The van der Waals surface area contributed by atoms with Gasteiger partial charge in [0.15, 0.2) is 0 Å². The summed E-state index contributed by atoms with van der Waals surface area (Å²) in [5.74, 6) is 0.718. The Bertz CT molecular complexity index is 1370. The third-order valence-electron chi connectivity index (χ3n) is 6.14. The Morgan fingerprint density at radius 1 is 1.00 bits per heavy atom. The number of aryl methyl sites for hydroxylation is 2. The van der Waals surface area contributed by atoms with E-state index in [1.165, 1.54) is 4.90 Å². The summed E-state index contributed by atoms with van der Waals surface area (Å²) in [5.41, 5.74) is 4.64. The van der Waals surface area contributed by atoms with Gasteiger partial charge in [0.25, 0.3) is 0 Å². The summed E-state index contributed by atoms with van der Waals surface area (Å²) in [5, 5.41) is 7.84. The van der Waals surface area contributed by atoms with Crippen LogP contribution in [0.25, 0.3) is 5.69 Å². The summed E-state index contributed by atoms with van der Waals surface area (Å²) in [6.45, 7) is 10.4. The molecule has 0 saturated carbocycles. The monoisotopic (exact) mass is 498 g/mol. The van der Waals surface area contributed by atoms with Gasteiger partial charge in [-0.25, -0.2) is 4.68 Å². The van der Waals surface area contributed by atoms with Crippen LogP contribution in [0.1, 0.15) is 48.9 Å². The number of rotatable bonds is 8. The first-order chi connectivity index (χ1) is 17.6. The molecule has 0 fully saturated rings. The fourth-order valence-corrected chi connectivity index (χ4v) is 4.12. The number of carbonyl (C=O) groups excluding carboxylic acids is 2. The molecule has 0 atom stereocenters. The van der Waals surface area contributed by atoms with E-state index in [1.807, 2.05) is 62.4 Å². The second-order valence-electron chi connectivity index (χ2n) is 10.4. The normalized spacial score (nSPS) is 11.4. The predicted molar refractivity (Wildman–Crippen MR) is 145 cm³/mol. The maximum atomic E-state index is 13.3. The molecule has 2 aromatic carbocycles. The van der Waals surface area contributed by atoms with Gasteiger partial charge in [0.2, 0.25) is 11.8 Å². The van der Waals surface area contributed by atoms with Crippen LogP contribution in [0.15, 0.2) is 77.4 Å². The molecule has 0 unspecified atom stereocenters. The van der Waals surface area contributed by atoms with E-state index in [1.54, 1.807) is 23.1 Å². The number of hydrogen-bond donors (Lipinski definition) is 1. The molecule has 7 nitrogen and oxygen atoms in total. The fraction of sp³-hybridized carbons (Fsp3) is 0.300. The number of benzene rings is 2. The Balaban J connectivity index is 1.59. The van der Waals surface area contributed by atoms with Crippen LogP contribution in [0.5, 0.6) is 0 Å². The van der Waals surface area contributed by atoms with Gasteiger partial charge < -0.3 is 14.6 Å². The lowest BCUT2D eigenvalue weighted by Crippen LogP contribution is -2.38. The molecule has 2 aromatic heterocycles. The highest BCUT2D eigenvalue weighted by Crippen LogP contribution is 2.28. The number of aromatic nitrogens is 2. The van der Waals surface area contributed by atoms with Gasteiger partial charge in [-0.05, 0) is 43.2 Å². The molecule has 4 rings (SSSR count). The second-order valence-corrected chi connectivity index (χ2v) is 10.4. The SMILES string of the molecule is Cc1ccc(-n2nc(C(C)(C)C)cc2NC(=O)CN(Cc2ccco2)C(=O)Cc2ccccc2)c(C)c1. The summed E-state index contributed by atoms with van der Waals surface area (Å²) in [6.07, 6.45) is 1.76. The summed E-state index contributed by atoms with van der Waals surface area (Å²) < 4.78 is 7.24. The van der Waals surface area contributed by atoms with Gasteiger partial charge in [-0.2, -0.15) is 5.10 Å². The zero-order valence-electron chi connectivity index (χ0n) is 22.1. The van der Waals surface area contributed by atoms with E-state index in [0.717, 1.165) is 28.1 Å². The van der Waals surface area contributed by atoms with Gasteiger partial charge in [-0.1, -0.05) is 68.8 Å². The molecule has 0 spiro atoms. The Morgan fingerprint density at radius 3 is 2.41 bits per heavy atom. The summed E-state index contributed by atoms with van der Waals surface area (Å²) in [6, 6.07) is 21.1. The first-order valence-corrected chi connectivity index (χ1v) is 12.4. The maximum Gasteiger partial charge on any atom is 0.245 e. The summed E-state index contributed by atoms with van der Waals surface area (Å²) >= 11 is 0. The fourth-order valence-electron chi connectivity index (χ4n) is 4.12. The molecule has 0 aliphatic rings. The van der Waals surface area contributed by atoms with Crippen molar-refractivity contribution in [2.75, 3.05) is 11.9 Å². The number of nitrogens with zero attached hydrogens (tertiary/aromatic N) is 3. The van der Waals surface area contributed by atoms with E-state index in [2.05, 4.69) is 32.2 Å². The van der Waals surface area contributed by atoms with Crippen LogP contribution < -0.4 is 5.32 Å². The van der Waals surface area contributed by atoms with Gasteiger partial charge in [0.1, 0.15) is 18.1 Å². The standard InChI is InChI=1S/C30H34N4O3/c1-21-13-14-25(22(2)16-21)34-27(18-26(32-34)30(3,4)5)31-28(35)20-33(19-24-12-9-15-37-24)29(36)17-23-10-7-6-8-11-23/h6-16,18H,17,19-20H2,1-5H3,(H,31,35). The summed E-state index contributed by atoms with van der Waals surface area (Å²) in [4.78, 5) is 28.0. The van der Waals surface area contributed by atoms with Crippen molar-refractivity contribution in [3.05, 3.63) is 101 Å². The van der Waals surface area contributed by atoms with E-state index in [9.17, 15) is 9.59 Å². The van der Waals surface area contributed by atoms with Crippen molar-refractivity contribution < 1.29 is 14.0 Å². The number of hydrogen-bond acceptors (Lipinski definition) is 4. The lowest BCUT2D eigenvalue weighted by molar-refractivity contribution is -0.135. The molecule has 2 amide bonds. The van der Waals surface area contributed by atoms with Crippen molar-refractivity contribution in [1.29, 1.82) is 0 Å². The molecule has 7 heteroatoms. The zero-order valence-corrected chi connectivity index (χ0v) is 22.1. The number of nitrogens with one attached hydrogen (secondary N) is 1. The van der Waals surface area contributed by atoms with Crippen LogP contribution in [0.2, 0.25) is 0 Å². The van der Waals surface area contributed by atoms with Gasteiger partial charge >= 0.3 is 0 Å². The van der Waals surface area contributed by atoms with E-state index < -0.39 is 0 Å². The quantitative estimate of drug-likeness (QED) is 0.343. The van der Waals surface area contributed by atoms with E-state index in [4.69, 9.17) is 9.52 Å². The van der Waals surface area contributed by atoms with Crippen LogP contribution >= 0.6 is 0 Å². The highest BCUT2D eigenvalue weighted by molar-refractivity contribution is 5.94. The molecule has 0 bridgehead atoms. The maximum absolute atomic E-state index is 13.3. The van der Waals surface area contributed by atoms with Crippen LogP contribution in [0.4, 0.5) is 5.82 Å². The highest BCUT2D eigenvalue weighted by atomic mass is 16.3. The highest BCUT2D eigenvalue weighted by Gasteiger charge is 2.24. The molecule has 4 aromatic rings. The molecule has 0 aliphatic heterocycles. The minimum absolute atomic E-state index is 0.116. The molecule has 0 saturated heterocycles. The Hall–Kier alpha value is -4.13. The molecule has 192 valence electrons. The molecule has 37 heavy (non-hydrogen) atoms. The largest absolute Gasteiger partial charge is 0.467 e. The Kier molecular flexibility index (Phi) is 7.62. The molecule has 1 N–H and O–H groups in total. The van der Waals surface area contributed by atoms with Crippen LogP contribution in [-0.2, 0) is 28.0 Å². The number of carbonyl (C=O) groups is 2.